The lowest BCUT2D eigenvalue weighted by atomic mass is 9.96. The predicted molar refractivity (Wildman–Crippen MR) is 177 cm³/mol. The van der Waals surface area contributed by atoms with E-state index in [1.165, 1.54) is 28.0 Å². The van der Waals surface area contributed by atoms with Crippen LogP contribution < -0.4 is 9.64 Å². The Morgan fingerprint density at radius 3 is 2.58 bits per heavy atom. The molecule has 1 fully saturated rings. The Labute approximate surface area is 273 Å². The Morgan fingerprint density at radius 1 is 1.04 bits per heavy atom. The zero-order chi connectivity index (χ0) is 31.5. The highest BCUT2D eigenvalue weighted by atomic mass is 35.5. The van der Waals surface area contributed by atoms with Crippen LogP contribution in [0.1, 0.15) is 54.7 Å². The Hall–Kier alpha value is -4.19. The number of nitrogens with zero attached hydrogens (tertiary/aromatic N) is 5. The summed E-state index contributed by atoms with van der Waals surface area (Å²) in [4.78, 5) is 33.3. The average Bonchev–Trinajstić information content (AvgIpc) is 3.72. The molecule has 0 aliphatic carbocycles. The number of halogens is 1. The standard InChI is InChI=1S/C33H30ClN5O4S2/c1-3-4-7-18-43-24-15-11-22(12-16-24)28-26(29(40)27-20(2)35-25-8-5-6-17-38(25)27)30(41)31(42)39(28)32-36-37-33(45-32)44-19-21-9-13-23(34)14-10-21/h5-6,8-17,28,40H,3-4,7,18-19H2,1-2H3. The minimum absolute atomic E-state index is 0.0454. The number of carbonyl (C=O) groups excluding carboxylic acids is 2. The number of benzene rings is 2. The van der Waals surface area contributed by atoms with Crippen LogP contribution in [-0.4, -0.2) is 43.0 Å². The Balaban J connectivity index is 1.38. The number of hydrogen-bond acceptors (Lipinski definition) is 9. The Kier molecular flexibility index (Phi) is 9.20. The Morgan fingerprint density at radius 2 is 1.82 bits per heavy atom. The third kappa shape index (κ3) is 6.33. The molecule has 0 spiro atoms. The monoisotopic (exact) mass is 659 g/mol. The summed E-state index contributed by atoms with van der Waals surface area (Å²) in [6, 6.07) is 19.3. The highest BCUT2D eigenvalue weighted by molar-refractivity contribution is 8.00. The lowest BCUT2D eigenvalue weighted by molar-refractivity contribution is -0.132. The normalized spacial score (nSPS) is 16.2. The van der Waals surface area contributed by atoms with Crippen LogP contribution in [0.5, 0.6) is 5.75 Å². The molecule has 1 N–H and O–H groups in total. The third-order valence-electron chi connectivity index (χ3n) is 7.46. The number of rotatable bonds is 11. The van der Waals surface area contributed by atoms with Gasteiger partial charge in [-0.1, -0.05) is 84.8 Å². The number of aliphatic hydroxyl groups is 1. The van der Waals surface area contributed by atoms with Gasteiger partial charge in [-0.15, -0.1) is 10.2 Å². The van der Waals surface area contributed by atoms with E-state index in [0.29, 0.717) is 50.1 Å². The number of amides is 1. The van der Waals surface area contributed by atoms with Gasteiger partial charge in [0, 0.05) is 17.0 Å². The van der Waals surface area contributed by atoms with E-state index in [-0.39, 0.29) is 16.5 Å². The lowest BCUT2D eigenvalue weighted by Gasteiger charge is -2.22. The van der Waals surface area contributed by atoms with Gasteiger partial charge in [0.05, 0.1) is 23.9 Å². The average molecular weight is 660 g/mol. The van der Waals surface area contributed by atoms with E-state index in [1.807, 2.05) is 66.7 Å². The SMILES string of the molecule is CCCCCOc1ccc(C2C(=C(O)c3c(C)nc4ccccn34)C(=O)C(=O)N2c2nnc(SCc3ccc(Cl)cc3)s2)cc1. The van der Waals surface area contributed by atoms with Crippen LogP contribution in [0, 0.1) is 6.92 Å². The van der Waals surface area contributed by atoms with Crippen molar-refractivity contribution in [1.29, 1.82) is 0 Å². The molecule has 3 aromatic heterocycles. The van der Waals surface area contributed by atoms with Crippen molar-refractivity contribution in [2.45, 2.75) is 49.2 Å². The van der Waals surface area contributed by atoms with Gasteiger partial charge in [0.15, 0.2) is 10.1 Å². The number of aryl methyl sites for hydroxylation is 1. The maximum absolute atomic E-state index is 13.7. The zero-order valence-electron chi connectivity index (χ0n) is 24.6. The first kappa shape index (κ1) is 30.8. The van der Waals surface area contributed by atoms with Gasteiger partial charge in [0.1, 0.15) is 17.1 Å². The molecular weight excluding hydrogens is 630 g/mol. The molecule has 0 saturated carbocycles. The molecule has 1 unspecified atom stereocenters. The molecule has 1 atom stereocenters. The molecule has 1 aliphatic heterocycles. The minimum Gasteiger partial charge on any atom is -0.505 e. The molecule has 5 aromatic rings. The topological polar surface area (TPSA) is 110 Å². The number of ether oxygens (including phenoxy) is 1. The summed E-state index contributed by atoms with van der Waals surface area (Å²) < 4.78 is 8.24. The first-order valence-electron chi connectivity index (χ1n) is 14.5. The van der Waals surface area contributed by atoms with Gasteiger partial charge in [-0.3, -0.25) is 18.9 Å². The summed E-state index contributed by atoms with van der Waals surface area (Å²) >= 11 is 8.70. The van der Waals surface area contributed by atoms with Crippen molar-refractivity contribution >= 4 is 62.9 Å². The van der Waals surface area contributed by atoms with Crippen LogP contribution in [-0.2, 0) is 15.3 Å². The maximum Gasteiger partial charge on any atom is 0.301 e. The second-order valence-corrected chi connectivity index (χ2v) is 13.1. The van der Waals surface area contributed by atoms with E-state index in [0.717, 1.165) is 24.8 Å². The fourth-order valence-corrected chi connectivity index (χ4v) is 7.19. The number of aromatic nitrogens is 4. The summed E-state index contributed by atoms with van der Waals surface area (Å²) in [5, 5.41) is 21.3. The molecule has 9 nitrogen and oxygen atoms in total. The van der Waals surface area contributed by atoms with Crippen LogP contribution in [0.15, 0.2) is 82.8 Å². The summed E-state index contributed by atoms with van der Waals surface area (Å²) in [6.07, 6.45) is 4.89. The molecule has 12 heteroatoms. The van der Waals surface area contributed by atoms with Crippen LogP contribution in [0.2, 0.25) is 5.02 Å². The highest BCUT2D eigenvalue weighted by Gasteiger charge is 2.49. The van der Waals surface area contributed by atoms with E-state index in [1.54, 1.807) is 17.5 Å². The number of imidazole rings is 1. The van der Waals surface area contributed by atoms with Gasteiger partial charge in [-0.05, 0) is 60.9 Å². The lowest BCUT2D eigenvalue weighted by Crippen LogP contribution is -2.29. The summed E-state index contributed by atoms with van der Waals surface area (Å²) in [6.45, 7) is 4.49. The fraction of sp³-hybridized carbons (Fsp3) is 0.242. The quantitative estimate of drug-likeness (QED) is 0.0385. The summed E-state index contributed by atoms with van der Waals surface area (Å²) in [7, 11) is 0. The van der Waals surface area contributed by atoms with E-state index in [4.69, 9.17) is 16.3 Å². The van der Waals surface area contributed by atoms with Crippen molar-refractivity contribution in [2.75, 3.05) is 11.5 Å². The number of ketones is 1. The van der Waals surface area contributed by atoms with Gasteiger partial charge < -0.3 is 9.84 Å². The largest absolute Gasteiger partial charge is 0.505 e. The molecule has 0 bridgehead atoms. The minimum atomic E-state index is -0.949. The first-order valence-corrected chi connectivity index (χ1v) is 16.7. The maximum atomic E-state index is 13.7. The second kappa shape index (κ2) is 13.4. The summed E-state index contributed by atoms with van der Waals surface area (Å²) in [5.41, 5.74) is 3.11. The second-order valence-electron chi connectivity index (χ2n) is 10.5. The molecule has 4 heterocycles. The van der Waals surface area contributed by atoms with Crippen molar-refractivity contribution in [2.24, 2.45) is 0 Å². The van der Waals surface area contributed by atoms with Gasteiger partial charge in [-0.25, -0.2) is 4.98 Å². The predicted octanol–water partition coefficient (Wildman–Crippen LogP) is 7.64. The molecule has 1 amide bonds. The number of carbonyl (C=O) groups is 2. The number of thioether (sulfide) groups is 1. The number of Topliss-reactive ketones (excluding diaryl/α,β-unsaturated/α-hetero) is 1. The van der Waals surface area contributed by atoms with Gasteiger partial charge in [0.2, 0.25) is 5.13 Å². The number of fused-ring (bicyclic) bond motifs is 1. The van der Waals surface area contributed by atoms with Crippen LogP contribution in [0.25, 0.3) is 11.4 Å². The van der Waals surface area contributed by atoms with E-state index in [9.17, 15) is 14.7 Å². The molecule has 1 saturated heterocycles. The number of anilines is 1. The van der Waals surface area contributed by atoms with Crippen molar-refractivity contribution in [3.05, 3.63) is 106 Å². The van der Waals surface area contributed by atoms with E-state index >= 15 is 0 Å². The van der Waals surface area contributed by atoms with Crippen molar-refractivity contribution in [1.82, 2.24) is 19.6 Å². The van der Waals surface area contributed by atoms with Gasteiger partial charge in [-0.2, -0.15) is 0 Å². The molecule has 2 aromatic carbocycles. The zero-order valence-corrected chi connectivity index (χ0v) is 27.0. The number of unbranched alkanes of at least 4 members (excludes halogenated alkanes) is 2. The third-order valence-corrected chi connectivity index (χ3v) is 9.84. The van der Waals surface area contributed by atoms with Crippen molar-refractivity contribution in [3.63, 3.8) is 0 Å². The van der Waals surface area contributed by atoms with Crippen LogP contribution in [0.4, 0.5) is 5.13 Å². The van der Waals surface area contributed by atoms with Crippen LogP contribution in [0.3, 0.4) is 0 Å². The molecule has 6 rings (SSSR count). The van der Waals surface area contributed by atoms with Crippen LogP contribution >= 0.6 is 34.7 Å². The Bertz CT molecular complexity index is 1890. The van der Waals surface area contributed by atoms with Gasteiger partial charge >= 0.3 is 5.91 Å². The smallest absolute Gasteiger partial charge is 0.301 e. The number of hydrogen-bond donors (Lipinski definition) is 1. The molecule has 0 radical (unpaired) electrons. The summed E-state index contributed by atoms with van der Waals surface area (Å²) in [5.74, 6) is -0.604. The first-order chi connectivity index (χ1) is 21.9. The van der Waals surface area contributed by atoms with Gasteiger partial charge in [0.25, 0.3) is 5.78 Å². The number of pyridine rings is 1. The molecule has 1 aliphatic rings. The molecule has 230 valence electrons. The van der Waals surface area contributed by atoms with E-state index < -0.39 is 17.7 Å². The van der Waals surface area contributed by atoms with Crippen molar-refractivity contribution < 1.29 is 19.4 Å². The van der Waals surface area contributed by atoms with E-state index in [2.05, 4.69) is 22.1 Å². The number of aliphatic hydroxyl groups excluding tert-OH is 1. The van der Waals surface area contributed by atoms with Crippen molar-refractivity contribution in [3.8, 4) is 5.75 Å². The highest BCUT2D eigenvalue weighted by Crippen LogP contribution is 2.44. The fourth-order valence-electron chi connectivity index (χ4n) is 5.24. The molecule has 45 heavy (non-hydrogen) atoms. The molecular formula is C33H30ClN5O4S2.